The molecule has 0 saturated carbocycles. The van der Waals surface area contributed by atoms with Gasteiger partial charge >= 0.3 is 0 Å². The highest BCUT2D eigenvalue weighted by molar-refractivity contribution is 7.88. The maximum absolute atomic E-state index is 10.8. The van der Waals surface area contributed by atoms with Gasteiger partial charge in [-0.25, -0.2) is 13.1 Å². The first kappa shape index (κ1) is 14.9. The summed E-state index contributed by atoms with van der Waals surface area (Å²) in [6, 6.07) is 4.03. The van der Waals surface area contributed by atoms with Crippen LogP contribution in [0, 0.1) is 0 Å². The average molecular weight is 290 g/mol. The number of sulfonamides is 1. The first-order chi connectivity index (χ1) is 8.51. The summed E-state index contributed by atoms with van der Waals surface area (Å²) in [6.07, 6.45) is 1.14. The third kappa shape index (κ3) is 6.58. The van der Waals surface area contributed by atoms with E-state index >= 15 is 0 Å². The Morgan fingerprint density at radius 3 is 2.72 bits per heavy atom. The van der Waals surface area contributed by atoms with Crippen LogP contribution >= 0.6 is 11.3 Å². The molecule has 8 heteroatoms. The van der Waals surface area contributed by atoms with Crippen LogP contribution in [0.25, 0.3) is 0 Å². The van der Waals surface area contributed by atoms with Crippen molar-refractivity contribution in [3.05, 3.63) is 22.4 Å². The predicted molar refractivity (Wildman–Crippen MR) is 75.4 cm³/mol. The zero-order valence-electron chi connectivity index (χ0n) is 10.4. The number of guanidine groups is 1. The van der Waals surface area contributed by atoms with E-state index in [9.17, 15) is 8.42 Å². The molecule has 6 nitrogen and oxygen atoms in total. The van der Waals surface area contributed by atoms with Crippen molar-refractivity contribution in [2.24, 2.45) is 4.99 Å². The topological polar surface area (TPSA) is 82.6 Å². The molecule has 0 aliphatic carbocycles. The Labute approximate surface area is 112 Å². The monoisotopic (exact) mass is 290 g/mol. The number of rotatable bonds is 6. The van der Waals surface area contributed by atoms with E-state index in [1.165, 1.54) is 4.88 Å². The molecule has 1 rings (SSSR count). The molecule has 1 aromatic rings. The highest BCUT2D eigenvalue weighted by Gasteiger charge is 2.01. The van der Waals surface area contributed by atoms with Gasteiger partial charge in [-0.1, -0.05) is 6.07 Å². The van der Waals surface area contributed by atoms with Crippen molar-refractivity contribution in [3.8, 4) is 0 Å². The molecule has 0 aromatic carbocycles. The zero-order chi connectivity index (χ0) is 13.4. The van der Waals surface area contributed by atoms with E-state index < -0.39 is 10.0 Å². The Morgan fingerprint density at radius 2 is 2.17 bits per heavy atom. The number of aliphatic imine (C=N–C) groups is 1. The van der Waals surface area contributed by atoms with Gasteiger partial charge in [0.15, 0.2) is 5.96 Å². The Kier molecular flexibility index (Phi) is 6.10. The van der Waals surface area contributed by atoms with Gasteiger partial charge < -0.3 is 10.6 Å². The highest BCUT2D eigenvalue weighted by atomic mass is 32.2. The molecule has 0 aliphatic rings. The van der Waals surface area contributed by atoms with Crippen molar-refractivity contribution in [3.63, 3.8) is 0 Å². The highest BCUT2D eigenvalue weighted by Crippen LogP contribution is 2.06. The maximum Gasteiger partial charge on any atom is 0.208 e. The van der Waals surface area contributed by atoms with Crippen molar-refractivity contribution >= 4 is 27.3 Å². The van der Waals surface area contributed by atoms with E-state index in [4.69, 9.17) is 0 Å². The van der Waals surface area contributed by atoms with Crippen LogP contribution in [-0.4, -0.2) is 40.8 Å². The number of hydrogen-bond acceptors (Lipinski definition) is 4. The van der Waals surface area contributed by atoms with Crippen LogP contribution in [0.3, 0.4) is 0 Å². The van der Waals surface area contributed by atoms with Crippen LogP contribution in [0.5, 0.6) is 0 Å². The largest absolute Gasteiger partial charge is 0.355 e. The molecule has 0 aliphatic heterocycles. The molecule has 0 bridgehead atoms. The molecule has 1 aromatic heterocycles. The van der Waals surface area contributed by atoms with Gasteiger partial charge in [0.2, 0.25) is 10.0 Å². The summed E-state index contributed by atoms with van der Waals surface area (Å²) in [5, 5.41) is 8.18. The van der Waals surface area contributed by atoms with Crippen LogP contribution in [0.2, 0.25) is 0 Å². The molecule has 0 unspecified atom stereocenters. The minimum atomic E-state index is -3.13. The minimum Gasteiger partial charge on any atom is -0.355 e. The van der Waals surface area contributed by atoms with Gasteiger partial charge in [-0.2, -0.15) is 0 Å². The van der Waals surface area contributed by atoms with Gasteiger partial charge in [-0.3, -0.25) is 4.99 Å². The molecule has 0 saturated heterocycles. The zero-order valence-corrected chi connectivity index (χ0v) is 12.1. The van der Waals surface area contributed by atoms with Gasteiger partial charge in [0.05, 0.1) is 12.8 Å². The Balaban J connectivity index is 2.22. The molecule has 0 atom stereocenters. The van der Waals surface area contributed by atoms with Crippen molar-refractivity contribution < 1.29 is 8.42 Å². The summed E-state index contributed by atoms with van der Waals surface area (Å²) in [7, 11) is -1.45. The van der Waals surface area contributed by atoms with Crippen molar-refractivity contribution in [2.45, 2.75) is 6.54 Å². The first-order valence-corrected chi connectivity index (χ1v) is 8.20. The summed E-state index contributed by atoms with van der Waals surface area (Å²) in [5.41, 5.74) is 0. The normalized spacial score (nSPS) is 12.4. The molecule has 18 heavy (non-hydrogen) atoms. The lowest BCUT2D eigenvalue weighted by Crippen LogP contribution is -2.40. The molecular weight excluding hydrogens is 272 g/mol. The summed E-state index contributed by atoms with van der Waals surface area (Å²) in [6.45, 7) is 1.52. The van der Waals surface area contributed by atoms with Gasteiger partial charge in [-0.15, -0.1) is 11.3 Å². The molecule has 0 spiro atoms. The lowest BCUT2D eigenvalue weighted by atomic mass is 10.5. The van der Waals surface area contributed by atoms with Crippen LogP contribution < -0.4 is 15.4 Å². The Morgan fingerprint density at radius 1 is 1.39 bits per heavy atom. The fourth-order valence-electron chi connectivity index (χ4n) is 1.22. The van der Waals surface area contributed by atoms with E-state index in [0.717, 1.165) is 6.26 Å². The summed E-state index contributed by atoms with van der Waals surface area (Å²) >= 11 is 1.67. The number of thiophene rings is 1. The van der Waals surface area contributed by atoms with Crippen LogP contribution in [0.4, 0.5) is 0 Å². The summed E-state index contributed by atoms with van der Waals surface area (Å²) < 4.78 is 24.1. The molecule has 102 valence electrons. The number of hydrogen-bond donors (Lipinski definition) is 3. The Hall–Kier alpha value is -1.12. The first-order valence-electron chi connectivity index (χ1n) is 5.43. The van der Waals surface area contributed by atoms with Crippen LogP contribution in [-0.2, 0) is 16.6 Å². The maximum atomic E-state index is 10.8. The average Bonchev–Trinajstić information content (AvgIpc) is 2.79. The van der Waals surface area contributed by atoms with Gasteiger partial charge in [-0.05, 0) is 11.4 Å². The third-order valence-electron chi connectivity index (χ3n) is 2.02. The van der Waals surface area contributed by atoms with Crippen LogP contribution in [0.15, 0.2) is 22.5 Å². The fourth-order valence-corrected chi connectivity index (χ4v) is 2.34. The van der Waals surface area contributed by atoms with E-state index in [-0.39, 0.29) is 0 Å². The molecule has 3 N–H and O–H groups in total. The standard InChI is InChI=1S/C10H18N4O2S2/c1-11-10(12-5-6-14-18(2,15)16)13-8-9-4-3-7-17-9/h3-4,7,14H,5-6,8H2,1-2H3,(H2,11,12,13). The fraction of sp³-hybridized carbons (Fsp3) is 0.500. The summed E-state index contributed by atoms with van der Waals surface area (Å²) in [4.78, 5) is 5.26. The van der Waals surface area contributed by atoms with Gasteiger partial charge in [0, 0.05) is 25.0 Å². The second-order valence-electron chi connectivity index (χ2n) is 3.60. The third-order valence-corrected chi connectivity index (χ3v) is 3.62. The quantitative estimate of drug-likeness (QED) is 0.390. The smallest absolute Gasteiger partial charge is 0.208 e. The predicted octanol–water partition coefficient (Wildman–Crippen LogP) is -0.0377. The SMILES string of the molecule is CN=C(NCCNS(C)(=O)=O)NCc1cccs1. The van der Waals surface area contributed by atoms with Gasteiger partial charge in [0.25, 0.3) is 0 Å². The molecule has 0 amide bonds. The van der Waals surface area contributed by atoms with Crippen molar-refractivity contribution in [1.29, 1.82) is 0 Å². The van der Waals surface area contributed by atoms with Gasteiger partial charge in [0.1, 0.15) is 0 Å². The molecular formula is C10H18N4O2S2. The lowest BCUT2D eigenvalue weighted by molar-refractivity contribution is 0.586. The van der Waals surface area contributed by atoms with E-state index in [2.05, 4.69) is 20.3 Å². The molecule has 0 radical (unpaired) electrons. The van der Waals surface area contributed by atoms with E-state index in [1.807, 2.05) is 17.5 Å². The summed E-state index contributed by atoms with van der Waals surface area (Å²) in [5.74, 6) is 0.652. The van der Waals surface area contributed by atoms with Crippen molar-refractivity contribution in [2.75, 3.05) is 26.4 Å². The number of nitrogens with one attached hydrogen (secondary N) is 3. The Bertz CT molecular complexity index is 468. The van der Waals surface area contributed by atoms with E-state index in [1.54, 1.807) is 18.4 Å². The number of nitrogens with zero attached hydrogens (tertiary/aromatic N) is 1. The molecule has 0 fully saturated rings. The van der Waals surface area contributed by atoms with Crippen molar-refractivity contribution in [1.82, 2.24) is 15.4 Å². The van der Waals surface area contributed by atoms with Crippen LogP contribution in [0.1, 0.15) is 4.88 Å². The van der Waals surface area contributed by atoms with E-state index in [0.29, 0.717) is 25.6 Å². The lowest BCUT2D eigenvalue weighted by Gasteiger charge is -2.11. The second-order valence-corrected chi connectivity index (χ2v) is 6.46. The minimum absolute atomic E-state index is 0.332. The molecule has 1 heterocycles. The second kappa shape index (κ2) is 7.34.